The Balaban J connectivity index is -0.000000605. The molecule has 4 nitrogen and oxygen atoms in total. The molecule has 0 aliphatic rings. The summed E-state index contributed by atoms with van der Waals surface area (Å²) in [6.07, 6.45) is 2.08. The van der Waals surface area contributed by atoms with E-state index in [-0.39, 0.29) is 18.6 Å². The molecule has 0 unspecified atom stereocenters. The highest BCUT2D eigenvalue weighted by molar-refractivity contribution is 6.62. The molecule has 0 fully saturated rings. The summed E-state index contributed by atoms with van der Waals surface area (Å²) in [5.74, 6) is 0. The molecule has 0 radical (unpaired) electrons. The molecule has 0 saturated heterocycles. The Labute approximate surface area is 94.7 Å². The summed E-state index contributed by atoms with van der Waals surface area (Å²) in [5.41, 5.74) is 0.414. The van der Waals surface area contributed by atoms with E-state index >= 15 is 0 Å². The molecule has 0 bridgehead atoms. The van der Waals surface area contributed by atoms with Crippen molar-refractivity contribution in [2.45, 2.75) is 32.2 Å². The van der Waals surface area contributed by atoms with Crippen LogP contribution in [0.15, 0.2) is 0 Å². The Morgan fingerprint density at radius 1 is 0.929 bits per heavy atom. The molecular formula is C8H24ClNO3Si. The smallest absolute Gasteiger partial charge is 0.377 e. The van der Waals surface area contributed by atoms with Crippen LogP contribution >= 0.6 is 12.4 Å². The van der Waals surface area contributed by atoms with E-state index in [0.717, 1.165) is 12.8 Å². The summed E-state index contributed by atoms with van der Waals surface area (Å²) in [4.78, 5) is 0. The lowest BCUT2D eigenvalue weighted by Gasteiger charge is -2.31. The Morgan fingerprint density at radius 2 is 1.21 bits per heavy atom. The Hall–Kier alpha value is 0.347. The third-order valence-corrected chi connectivity index (χ3v) is 5.86. The zero-order valence-corrected chi connectivity index (χ0v) is 11.6. The molecule has 0 aliphatic carbocycles. The van der Waals surface area contributed by atoms with Gasteiger partial charge >= 0.3 is 8.80 Å². The summed E-state index contributed by atoms with van der Waals surface area (Å²) in [6, 6.07) is 0. The van der Waals surface area contributed by atoms with Crippen LogP contribution in [0.5, 0.6) is 0 Å². The van der Waals surface area contributed by atoms with Gasteiger partial charge in [0.1, 0.15) is 0 Å². The molecule has 14 heavy (non-hydrogen) atoms. The lowest BCUT2D eigenvalue weighted by molar-refractivity contribution is 0.109. The maximum Gasteiger partial charge on any atom is 0.503 e. The van der Waals surface area contributed by atoms with E-state index < -0.39 is 8.80 Å². The van der Waals surface area contributed by atoms with Gasteiger partial charge in [-0.15, -0.1) is 12.4 Å². The second-order valence-electron chi connectivity index (χ2n) is 2.73. The molecule has 90 valence electrons. The van der Waals surface area contributed by atoms with Gasteiger partial charge in [0, 0.05) is 26.9 Å². The fourth-order valence-electron chi connectivity index (χ4n) is 1.54. The third kappa shape index (κ3) is 4.25. The molecular weight excluding hydrogens is 222 g/mol. The van der Waals surface area contributed by atoms with Crippen molar-refractivity contribution in [3.05, 3.63) is 0 Å². The predicted molar refractivity (Wildman–Crippen MR) is 63.4 cm³/mol. The standard InChI is InChI=1S/C8H20O3Si.ClH.H3N/c1-6-8(7-2)12(9-3,10-4)11-5;;/h8H,6-7H2,1-5H3;1H;1H3. The average molecular weight is 246 g/mol. The van der Waals surface area contributed by atoms with Gasteiger partial charge in [0.15, 0.2) is 0 Å². The van der Waals surface area contributed by atoms with Gasteiger partial charge in [0.2, 0.25) is 0 Å². The van der Waals surface area contributed by atoms with Gasteiger partial charge in [-0.1, -0.05) is 13.8 Å². The molecule has 0 atom stereocenters. The van der Waals surface area contributed by atoms with Crippen molar-refractivity contribution in [2.24, 2.45) is 0 Å². The highest BCUT2D eigenvalue weighted by Gasteiger charge is 2.44. The zero-order valence-electron chi connectivity index (χ0n) is 9.83. The van der Waals surface area contributed by atoms with Crippen LogP contribution in [0, 0.1) is 0 Å². The molecule has 0 aliphatic heterocycles. The normalized spacial score (nSPS) is 10.7. The lowest BCUT2D eigenvalue weighted by atomic mass is 10.3. The minimum atomic E-state index is -2.35. The first-order valence-corrected chi connectivity index (χ1v) is 6.16. The number of hydrogen-bond donors (Lipinski definition) is 1. The summed E-state index contributed by atoms with van der Waals surface area (Å²) in [7, 11) is 2.65. The van der Waals surface area contributed by atoms with Crippen LogP contribution in [-0.4, -0.2) is 30.1 Å². The first-order valence-electron chi connectivity index (χ1n) is 4.36. The topological polar surface area (TPSA) is 62.7 Å². The van der Waals surface area contributed by atoms with Gasteiger partial charge in [0.25, 0.3) is 0 Å². The van der Waals surface area contributed by atoms with E-state index in [2.05, 4.69) is 13.8 Å². The van der Waals surface area contributed by atoms with E-state index in [9.17, 15) is 0 Å². The minimum Gasteiger partial charge on any atom is -0.377 e. The Kier molecular flexibility index (Phi) is 14.0. The maximum absolute atomic E-state index is 5.37. The zero-order chi connectivity index (χ0) is 9.61. The monoisotopic (exact) mass is 245 g/mol. The molecule has 0 aromatic heterocycles. The summed E-state index contributed by atoms with van der Waals surface area (Å²) >= 11 is 0. The summed E-state index contributed by atoms with van der Waals surface area (Å²) < 4.78 is 16.1. The number of rotatable bonds is 6. The van der Waals surface area contributed by atoms with Gasteiger partial charge in [-0.25, -0.2) is 0 Å². The number of halogens is 1. The van der Waals surface area contributed by atoms with Crippen molar-refractivity contribution in [1.29, 1.82) is 0 Å². The van der Waals surface area contributed by atoms with Crippen molar-refractivity contribution >= 4 is 21.2 Å². The van der Waals surface area contributed by atoms with Gasteiger partial charge in [-0.05, 0) is 12.8 Å². The van der Waals surface area contributed by atoms with Crippen molar-refractivity contribution in [2.75, 3.05) is 21.3 Å². The first-order chi connectivity index (χ1) is 5.70. The second kappa shape index (κ2) is 9.89. The predicted octanol–water partition coefficient (Wildman–Crippen LogP) is 2.64. The fraction of sp³-hybridized carbons (Fsp3) is 1.00. The summed E-state index contributed by atoms with van der Waals surface area (Å²) in [6.45, 7) is 4.26. The molecule has 0 heterocycles. The van der Waals surface area contributed by atoms with E-state index in [4.69, 9.17) is 13.3 Å². The van der Waals surface area contributed by atoms with Gasteiger partial charge in [-0.2, -0.15) is 0 Å². The molecule has 6 heteroatoms. The van der Waals surface area contributed by atoms with Crippen LogP contribution in [0.4, 0.5) is 0 Å². The van der Waals surface area contributed by atoms with Crippen molar-refractivity contribution in [3.8, 4) is 0 Å². The van der Waals surface area contributed by atoms with Gasteiger partial charge < -0.3 is 19.4 Å². The number of hydrogen-bond acceptors (Lipinski definition) is 4. The molecule has 0 aromatic rings. The van der Waals surface area contributed by atoms with Crippen LogP contribution < -0.4 is 6.15 Å². The van der Waals surface area contributed by atoms with Crippen LogP contribution in [0.25, 0.3) is 0 Å². The Morgan fingerprint density at radius 3 is 1.29 bits per heavy atom. The van der Waals surface area contributed by atoms with Crippen LogP contribution in [0.1, 0.15) is 26.7 Å². The summed E-state index contributed by atoms with van der Waals surface area (Å²) in [5, 5.41) is 0. The molecule has 0 amide bonds. The van der Waals surface area contributed by atoms with E-state index in [0.29, 0.717) is 5.54 Å². The molecule has 0 spiro atoms. The van der Waals surface area contributed by atoms with Crippen LogP contribution in [-0.2, 0) is 13.3 Å². The largest absolute Gasteiger partial charge is 0.503 e. The van der Waals surface area contributed by atoms with E-state index in [1.165, 1.54) is 0 Å². The Bertz CT molecular complexity index is 113. The van der Waals surface area contributed by atoms with Gasteiger partial charge in [0.05, 0.1) is 0 Å². The SMILES string of the molecule is CCC(CC)[Si](OC)(OC)OC.Cl.N. The van der Waals surface area contributed by atoms with E-state index in [1.54, 1.807) is 21.3 Å². The van der Waals surface area contributed by atoms with Crippen LogP contribution in [0.3, 0.4) is 0 Å². The lowest BCUT2D eigenvalue weighted by Crippen LogP contribution is -2.47. The molecule has 3 N–H and O–H groups in total. The van der Waals surface area contributed by atoms with Crippen LogP contribution in [0.2, 0.25) is 5.54 Å². The first kappa shape index (κ1) is 19.9. The van der Waals surface area contributed by atoms with Crippen molar-refractivity contribution < 1.29 is 13.3 Å². The highest BCUT2D eigenvalue weighted by atomic mass is 35.5. The molecule has 0 saturated carbocycles. The maximum atomic E-state index is 5.37. The highest BCUT2D eigenvalue weighted by Crippen LogP contribution is 2.29. The molecule has 0 aromatic carbocycles. The molecule has 0 rings (SSSR count). The quantitative estimate of drug-likeness (QED) is 0.731. The van der Waals surface area contributed by atoms with Gasteiger partial charge in [-0.3, -0.25) is 0 Å². The van der Waals surface area contributed by atoms with Crippen molar-refractivity contribution in [1.82, 2.24) is 6.15 Å². The van der Waals surface area contributed by atoms with Crippen molar-refractivity contribution in [3.63, 3.8) is 0 Å². The third-order valence-electron chi connectivity index (χ3n) is 2.34. The minimum absolute atomic E-state index is 0. The average Bonchev–Trinajstić information content (AvgIpc) is 2.14. The second-order valence-corrected chi connectivity index (χ2v) is 5.98. The fourth-order valence-corrected chi connectivity index (χ4v) is 4.04. The van der Waals surface area contributed by atoms with E-state index in [1.807, 2.05) is 0 Å².